The van der Waals surface area contributed by atoms with Gasteiger partial charge in [0.25, 0.3) is 0 Å². The van der Waals surface area contributed by atoms with Crippen LogP contribution in [0.2, 0.25) is 0 Å². The molecular formula is C14H13F3O2S. The fourth-order valence-electron chi connectivity index (χ4n) is 1.81. The van der Waals surface area contributed by atoms with Gasteiger partial charge >= 0.3 is 6.36 Å². The third-order valence-corrected chi connectivity index (χ3v) is 4.02. The lowest BCUT2D eigenvalue weighted by Gasteiger charge is -2.16. The van der Waals surface area contributed by atoms with Crippen molar-refractivity contribution in [3.05, 3.63) is 51.7 Å². The van der Waals surface area contributed by atoms with Crippen molar-refractivity contribution >= 4 is 11.3 Å². The second kappa shape index (κ2) is 5.85. The summed E-state index contributed by atoms with van der Waals surface area (Å²) in [5.74, 6) is -0.376. The van der Waals surface area contributed by atoms with Gasteiger partial charge in [0, 0.05) is 15.3 Å². The van der Waals surface area contributed by atoms with Crippen molar-refractivity contribution in [2.24, 2.45) is 0 Å². The Morgan fingerprint density at radius 1 is 1.20 bits per heavy atom. The minimum absolute atomic E-state index is 0.106. The molecule has 1 heterocycles. The van der Waals surface area contributed by atoms with E-state index in [9.17, 15) is 18.3 Å². The normalized spacial score (nSPS) is 13.2. The summed E-state index contributed by atoms with van der Waals surface area (Å²) in [5.41, 5.74) is 0.106. The molecule has 2 aromatic rings. The number of hydrogen-bond acceptors (Lipinski definition) is 3. The highest BCUT2D eigenvalue weighted by molar-refractivity contribution is 7.12. The van der Waals surface area contributed by atoms with Gasteiger partial charge in [-0.1, -0.05) is 25.1 Å². The van der Waals surface area contributed by atoms with E-state index in [1.54, 1.807) is 12.1 Å². The fourth-order valence-corrected chi connectivity index (χ4v) is 2.77. The third-order valence-electron chi connectivity index (χ3n) is 2.74. The number of aliphatic hydroxyl groups excluding tert-OH is 1. The molecule has 1 N–H and O–H groups in total. The summed E-state index contributed by atoms with van der Waals surface area (Å²) in [6.07, 6.45) is -5.09. The smallest absolute Gasteiger partial charge is 0.405 e. The van der Waals surface area contributed by atoms with Gasteiger partial charge in [0.2, 0.25) is 0 Å². The first-order valence-corrected chi connectivity index (χ1v) is 6.83. The number of aryl methyl sites for hydroxylation is 1. The minimum atomic E-state index is -4.78. The molecule has 2 nitrogen and oxygen atoms in total. The van der Waals surface area contributed by atoms with Crippen molar-refractivity contribution in [2.45, 2.75) is 25.8 Å². The minimum Gasteiger partial charge on any atom is -0.405 e. The van der Waals surface area contributed by atoms with E-state index in [2.05, 4.69) is 4.74 Å². The zero-order chi connectivity index (χ0) is 14.8. The Kier molecular flexibility index (Phi) is 4.35. The van der Waals surface area contributed by atoms with Crippen molar-refractivity contribution in [3.63, 3.8) is 0 Å². The zero-order valence-electron chi connectivity index (χ0n) is 10.6. The summed E-state index contributed by atoms with van der Waals surface area (Å²) in [5, 5.41) is 10.2. The lowest BCUT2D eigenvalue weighted by Crippen LogP contribution is -2.18. The average molecular weight is 302 g/mol. The maximum absolute atomic E-state index is 12.3. The number of hydrogen-bond donors (Lipinski definition) is 1. The molecule has 0 radical (unpaired) electrons. The number of thiophene rings is 1. The van der Waals surface area contributed by atoms with Crippen molar-refractivity contribution < 1.29 is 23.0 Å². The topological polar surface area (TPSA) is 29.5 Å². The number of alkyl halides is 3. The first kappa shape index (κ1) is 14.9. The molecule has 20 heavy (non-hydrogen) atoms. The van der Waals surface area contributed by atoms with Crippen LogP contribution in [0, 0.1) is 0 Å². The largest absolute Gasteiger partial charge is 0.573 e. The van der Waals surface area contributed by atoms with E-state index in [0.717, 1.165) is 11.3 Å². The predicted molar refractivity (Wildman–Crippen MR) is 70.9 cm³/mol. The van der Waals surface area contributed by atoms with Crippen molar-refractivity contribution in [1.29, 1.82) is 0 Å². The van der Waals surface area contributed by atoms with E-state index in [1.807, 2.05) is 13.0 Å². The highest BCUT2D eigenvalue weighted by Gasteiger charge is 2.33. The highest BCUT2D eigenvalue weighted by atomic mass is 32.1. The van der Waals surface area contributed by atoms with Crippen LogP contribution in [0.3, 0.4) is 0 Å². The second-order valence-corrected chi connectivity index (χ2v) is 5.35. The van der Waals surface area contributed by atoms with E-state index < -0.39 is 12.5 Å². The van der Waals surface area contributed by atoms with Gasteiger partial charge in [-0.15, -0.1) is 24.5 Å². The van der Waals surface area contributed by atoms with Gasteiger partial charge in [0.05, 0.1) is 0 Å². The Hall–Kier alpha value is -1.53. The number of para-hydroxylation sites is 1. The Balaban J connectivity index is 2.31. The van der Waals surface area contributed by atoms with Gasteiger partial charge in [0.1, 0.15) is 11.9 Å². The third kappa shape index (κ3) is 3.52. The molecule has 108 valence electrons. The van der Waals surface area contributed by atoms with Gasteiger partial charge in [-0.05, 0) is 24.6 Å². The average Bonchev–Trinajstić information content (AvgIpc) is 2.85. The van der Waals surface area contributed by atoms with Crippen LogP contribution in [-0.4, -0.2) is 11.5 Å². The number of ether oxygens (including phenoxy) is 1. The van der Waals surface area contributed by atoms with Crippen molar-refractivity contribution in [3.8, 4) is 5.75 Å². The standard InChI is InChI=1S/C14H13F3O2S/c1-2-9-7-8-12(20-9)13(18)10-5-3-4-6-11(10)19-14(15,16)17/h3-8,13,18H,2H2,1H3. The maximum atomic E-state index is 12.3. The lowest BCUT2D eigenvalue weighted by atomic mass is 10.1. The summed E-state index contributed by atoms with van der Waals surface area (Å²) in [6.45, 7) is 1.97. The fraction of sp³-hybridized carbons (Fsp3) is 0.286. The SMILES string of the molecule is CCc1ccc(C(O)c2ccccc2OC(F)(F)F)s1. The maximum Gasteiger partial charge on any atom is 0.573 e. The Morgan fingerprint density at radius 2 is 1.90 bits per heavy atom. The van der Waals surface area contributed by atoms with Crippen LogP contribution in [-0.2, 0) is 6.42 Å². The molecular weight excluding hydrogens is 289 g/mol. The van der Waals surface area contributed by atoms with Crippen LogP contribution < -0.4 is 4.74 Å². The molecule has 1 aromatic carbocycles. The van der Waals surface area contributed by atoms with Crippen LogP contribution in [0.25, 0.3) is 0 Å². The first-order chi connectivity index (χ1) is 9.40. The molecule has 1 aromatic heterocycles. The molecule has 0 fully saturated rings. The summed E-state index contributed by atoms with van der Waals surface area (Å²) in [4.78, 5) is 1.66. The Morgan fingerprint density at radius 3 is 2.50 bits per heavy atom. The molecule has 0 aliphatic carbocycles. The molecule has 1 unspecified atom stereocenters. The Labute approximate surface area is 118 Å². The number of rotatable bonds is 4. The lowest BCUT2D eigenvalue weighted by molar-refractivity contribution is -0.275. The van der Waals surface area contributed by atoms with Crippen LogP contribution in [0.1, 0.15) is 28.3 Å². The monoisotopic (exact) mass is 302 g/mol. The molecule has 0 aliphatic rings. The second-order valence-electron chi connectivity index (χ2n) is 4.15. The molecule has 0 saturated carbocycles. The van der Waals surface area contributed by atoms with E-state index >= 15 is 0 Å². The van der Waals surface area contributed by atoms with E-state index in [-0.39, 0.29) is 11.3 Å². The van der Waals surface area contributed by atoms with Crippen molar-refractivity contribution in [1.82, 2.24) is 0 Å². The van der Waals surface area contributed by atoms with E-state index in [1.165, 1.54) is 29.5 Å². The number of benzene rings is 1. The van der Waals surface area contributed by atoms with Crippen LogP contribution in [0.15, 0.2) is 36.4 Å². The van der Waals surface area contributed by atoms with Gasteiger partial charge in [-0.3, -0.25) is 0 Å². The van der Waals surface area contributed by atoms with Crippen LogP contribution >= 0.6 is 11.3 Å². The van der Waals surface area contributed by atoms with Crippen molar-refractivity contribution in [2.75, 3.05) is 0 Å². The van der Waals surface area contributed by atoms with Crippen LogP contribution in [0.5, 0.6) is 5.75 Å². The molecule has 0 bridgehead atoms. The molecule has 0 saturated heterocycles. The van der Waals surface area contributed by atoms with E-state index in [0.29, 0.717) is 4.88 Å². The molecule has 0 aliphatic heterocycles. The first-order valence-electron chi connectivity index (χ1n) is 6.02. The summed E-state index contributed by atoms with van der Waals surface area (Å²) in [6, 6.07) is 9.20. The molecule has 0 amide bonds. The van der Waals surface area contributed by atoms with Gasteiger partial charge in [0.15, 0.2) is 0 Å². The number of halogens is 3. The quantitative estimate of drug-likeness (QED) is 0.913. The van der Waals surface area contributed by atoms with Gasteiger partial charge in [-0.25, -0.2) is 0 Å². The number of aliphatic hydroxyl groups is 1. The molecule has 6 heteroatoms. The molecule has 0 spiro atoms. The van der Waals surface area contributed by atoms with Crippen LogP contribution in [0.4, 0.5) is 13.2 Å². The zero-order valence-corrected chi connectivity index (χ0v) is 11.5. The summed E-state index contributed by atoms with van der Waals surface area (Å²) >= 11 is 1.38. The highest BCUT2D eigenvalue weighted by Crippen LogP contribution is 2.35. The Bertz CT molecular complexity index is 578. The van der Waals surface area contributed by atoms with Gasteiger partial charge in [-0.2, -0.15) is 0 Å². The van der Waals surface area contributed by atoms with Gasteiger partial charge < -0.3 is 9.84 Å². The predicted octanol–water partition coefficient (Wildman–Crippen LogP) is 4.29. The van der Waals surface area contributed by atoms with E-state index in [4.69, 9.17) is 0 Å². The molecule has 2 rings (SSSR count). The molecule has 1 atom stereocenters. The summed E-state index contributed by atoms with van der Waals surface area (Å²) in [7, 11) is 0. The summed E-state index contributed by atoms with van der Waals surface area (Å²) < 4.78 is 41.0.